The maximum atomic E-state index is 12.7. The lowest BCUT2D eigenvalue weighted by Crippen LogP contribution is -2.47. The second-order valence-corrected chi connectivity index (χ2v) is 9.85. The highest BCUT2D eigenvalue weighted by atomic mass is 35.5. The summed E-state index contributed by atoms with van der Waals surface area (Å²) in [5.74, 6) is -0.507. The number of nitrogens with zero attached hydrogens (tertiary/aromatic N) is 3. The van der Waals surface area contributed by atoms with Gasteiger partial charge in [-0.2, -0.15) is 0 Å². The molecular formula is C14H16Cl2N4O3S3. The van der Waals surface area contributed by atoms with E-state index in [1.165, 1.54) is 41.3 Å². The Bertz CT molecular complexity index is 905. The van der Waals surface area contributed by atoms with Crippen LogP contribution in [0.4, 0.5) is 10.8 Å². The minimum Gasteiger partial charge on any atom is -0.299 e. The Hall–Kier alpha value is -1.07. The van der Waals surface area contributed by atoms with Gasteiger partial charge in [0, 0.05) is 0 Å². The number of hydrogen-bond donors (Lipinski definition) is 1. The summed E-state index contributed by atoms with van der Waals surface area (Å²) in [4.78, 5) is 12.7. The van der Waals surface area contributed by atoms with Crippen LogP contribution in [-0.2, 0) is 14.8 Å². The van der Waals surface area contributed by atoms with E-state index in [0.717, 1.165) is 10.6 Å². The van der Waals surface area contributed by atoms with Gasteiger partial charge in [0.05, 0.1) is 22.0 Å². The van der Waals surface area contributed by atoms with Crippen molar-refractivity contribution in [3.63, 3.8) is 0 Å². The smallest absolute Gasteiger partial charge is 0.250 e. The van der Waals surface area contributed by atoms with E-state index >= 15 is 0 Å². The molecule has 0 saturated heterocycles. The third-order valence-electron chi connectivity index (χ3n) is 3.30. The summed E-state index contributed by atoms with van der Waals surface area (Å²) >= 11 is 14.5. The number of amides is 1. The second kappa shape index (κ2) is 8.75. The lowest BCUT2D eigenvalue weighted by molar-refractivity contribution is -0.117. The van der Waals surface area contributed by atoms with Crippen molar-refractivity contribution in [3.05, 3.63) is 28.2 Å². The summed E-state index contributed by atoms with van der Waals surface area (Å²) < 4.78 is 26.5. The van der Waals surface area contributed by atoms with E-state index in [2.05, 4.69) is 15.5 Å². The quantitative estimate of drug-likeness (QED) is 0.505. The maximum absolute atomic E-state index is 12.7. The van der Waals surface area contributed by atoms with Gasteiger partial charge >= 0.3 is 0 Å². The number of sulfonamides is 1. The summed E-state index contributed by atoms with van der Waals surface area (Å²) in [6.07, 6.45) is 3.12. The topological polar surface area (TPSA) is 92.3 Å². The highest BCUT2D eigenvalue weighted by molar-refractivity contribution is 8.00. The molecule has 0 spiro atoms. The van der Waals surface area contributed by atoms with Crippen molar-refractivity contribution in [3.8, 4) is 0 Å². The summed E-state index contributed by atoms with van der Waals surface area (Å²) in [5.41, 5.74) is 0.256. The molecule has 0 bridgehead atoms. The Morgan fingerprint density at radius 3 is 2.54 bits per heavy atom. The summed E-state index contributed by atoms with van der Waals surface area (Å²) in [6, 6.07) is 3.42. The zero-order valence-corrected chi connectivity index (χ0v) is 18.0. The Kier molecular flexibility index (Phi) is 7.14. The average Bonchev–Trinajstić information content (AvgIpc) is 3.01. The molecule has 0 aliphatic heterocycles. The first-order chi connectivity index (χ1) is 12.2. The summed E-state index contributed by atoms with van der Waals surface area (Å²) in [6.45, 7) is 1.72. The van der Waals surface area contributed by atoms with Gasteiger partial charge in [0.2, 0.25) is 21.1 Å². The Labute approximate surface area is 170 Å². The molecule has 1 N–H and O–H groups in total. The fourth-order valence-electron chi connectivity index (χ4n) is 2.21. The fraction of sp³-hybridized carbons (Fsp3) is 0.357. The summed E-state index contributed by atoms with van der Waals surface area (Å²) in [5, 5.41) is 11.2. The third-order valence-corrected chi connectivity index (χ3v) is 7.03. The van der Waals surface area contributed by atoms with Crippen LogP contribution in [0, 0.1) is 0 Å². The molecule has 7 nitrogen and oxygen atoms in total. The predicted octanol–water partition coefficient (Wildman–Crippen LogP) is 3.75. The van der Waals surface area contributed by atoms with E-state index in [1.54, 1.807) is 6.92 Å². The van der Waals surface area contributed by atoms with Gasteiger partial charge < -0.3 is 0 Å². The minimum atomic E-state index is -3.76. The molecule has 2 aromatic rings. The van der Waals surface area contributed by atoms with Crippen molar-refractivity contribution in [2.24, 2.45) is 0 Å². The second-order valence-electron chi connectivity index (χ2n) is 5.15. The van der Waals surface area contributed by atoms with Crippen molar-refractivity contribution >= 4 is 73.0 Å². The molecule has 2 rings (SSSR count). The molecule has 142 valence electrons. The molecule has 1 unspecified atom stereocenters. The van der Waals surface area contributed by atoms with E-state index in [-0.39, 0.29) is 17.1 Å². The van der Waals surface area contributed by atoms with Gasteiger partial charge in [-0.25, -0.2) is 8.42 Å². The number of rotatable bonds is 7. The van der Waals surface area contributed by atoms with Gasteiger partial charge in [-0.05, 0) is 30.9 Å². The lowest BCUT2D eigenvalue weighted by atomic mass is 10.2. The fourth-order valence-corrected chi connectivity index (χ4v) is 4.88. The number of carbonyl (C=O) groups excluding carboxylic acids is 1. The zero-order chi connectivity index (χ0) is 19.5. The van der Waals surface area contributed by atoms with E-state index in [0.29, 0.717) is 14.5 Å². The van der Waals surface area contributed by atoms with Gasteiger partial charge in [-0.1, -0.05) is 53.2 Å². The van der Waals surface area contributed by atoms with Crippen LogP contribution in [0.5, 0.6) is 0 Å². The lowest BCUT2D eigenvalue weighted by Gasteiger charge is -2.30. The first-order valence-corrected chi connectivity index (χ1v) is 11.9. The van der Waals surface area contributed by atoms with E-state index in [1.807, 2.05) is 6.26 Å². The van der Waals surface area contributed by atoms with Gasteiger partial charge in [0.15, 0.2) is 4.34 Å². The van der Waals surface area contributed by atoms with E-state index in [9.17, 15) is 13.2 Å². The molecule has 1 atom stereocenters. The number of halogens is 2. The highest BCUT2D eigenvalue weighted by Crippen LogP contribution is 2.31. The van der Waals surface area contributed by atoms with E-state index < -0.39 is 22.0 Å². The van der Waals surface area contributed by atoms with Crippen molar-refractivity contribution in [1.29, 1.82) is 0 Å². The van der Waals surface area contributed by atoms with Crippen LogP contribution in [0.2, 0.25) is 10.0 Å². The number of aromatic nitrogens is 2. The predicted molar refractivity (Wildman–Crippen MR) is 108 cm³/mol. The normalized spacial score (nSPS) is 12.7. The molecule has 26 heavy (non-hydrogen) atoms. The first-order valence-electron chi connectivity index (χ1n) is 7.30. The Morgan fingerprint density at radius 1 is 1.35 bits per heavy atom. The standard InChI is InChI=1S/C14H16Cl2N4O3S3/c1-4-11(12(21)17-13-18-19-14(24-2)25-13)20(26(3,22)23)8-5-6-9(15)10(16)7-8/h5-7,11H,4H2,1-3H3,(H,17,18,21). The molecular weight excluding hydrogens is 439 g/mol. The Balaban J connectivity index is 2.37. The number of nitrogens with one attached hydrogen (secondary N) is 1. The Morgan fingerprint density at radius 2 is 2.04 bits per heavy atom. The number of carbonyl (C=O) groups is 1. The van der Waals surface area contributed by atoms with Crippen LogP contribution in [0.1, 0.15) is 13.3 Å². The molecule has 1 aromatic carbocycles. The van der Waals surface area contributed by atoms with Crippen molar-refractivity contribution in [2.75, 3.05) is 22.1 Å². The number of anilines is 2. The van der Waals surface area contributed by atoms with Crippen LogP contribution >= 0.6 is 46.3 Å². The largest absolute Gasteiger partial charge is 0.299 e. The van der Waals surface area contributed by atoms with Gasteiger partial charge in [-0.3, -0.25) is 14.4 Å². The molecule has 1 aromatic heterocycles. The van der Waals surface area contributed by atoms with Gasteiger partial charge in [0.25, 0.3) is 0 Å². The van der Waals surface area contributed by atoms with Crippen molar-refractivity contribution in [1.82, 2.24) is 10.2 Å². The molecule has 0 aliphatic rings. The van der Waals surface area contributed by atoms with Gasteiger partial charge in [0.1, 0.15) is 6.04 Å². The molecule has 0 aliphatic carbocycles. The zero-order valence-electron chi connectivity index (χ0n) is 14.1. The maximum Gasteiger partial charge on any atom is 0.250 e. The number of thioether (sulfide) groups is 1. The van der Waals surface area contributed by atoms with Crippen LogP contribution in [-0.4, -0.2) is 43.1 Å². The number of hydrogen-bond acceptors (Lipinski definition) is 7. The first kappa shape index (κ1) is 21.2. The molecule has 12 heteroatoms. The van der Waals surface area contributed by atoms with Crippen LogP contribution < -0.4 is 9.62 Å². The van der Waals surface area contributed by atoms with Crippen LogP contribution in [0.15, 0.2) is 22.5 Å². The molecule has 0 saturated carbocycles. The monoisotopic (exact) mass is 454 g/mol. The molecule has 0 fully saturated rings. The molecule has 1 amide bonds. The summed E-state index contributed by atoms with van der Waals surface area (Å²) in [7, 11) is -3.76. The number of benzene rings is 1. The molecule has 1 heterocycles. The average molecular weight is 455 g/mol. The van der Waals surface area contributed by atoms with Crippen LogP contribution in [0.3, 0.4) is 0 Å². The minimum absolute atomic E-state index is 0.196. The SMILES string of the molecule is CCC(C(=O)Nc1nnc(SC)s1)N(c1ccc(Cl)c(Cl)c1)S(C)(=O)=O. The van der Waals surface area contributed by atoms with E-state index in [4.69, 9.17) is 23.2 Å². The van der Waals surface area contributed by atoms with Gasteiger partial charge in [-0.15, -0.1) is 10.2 Å². The van der Waals surface area contributed by atoms with Crippen molar-refractivity contribution in [2.45, 2.75) is 23.7 Å². The highest BCUT2D eigenvalue weighted by Gasteiger charge is 2.32. The van der Waals surface area contributed by atoms with Crippen LogP contribution in [0.25, 0.3) is 0 Å². The molecule has 0 radical (unpaired) electrons. The third kappa shape index (κ3) is 5.01. The van der Waals surface area contributed by atoms with Crippen molar-refractivity contribution < 1.29 is 13.2 Å².